The summed E-state index contributed by atoms with van der Waals surface area (Å²) in [5.74, 6) is -0.329. The number of aromatic nitrogens is 1. The molecular weight excluding hydrogens is 462 g/mol. The van der Waals surface area contributed by atoms with Crippen LogP contribution in [0, 0.1) is 0 Å². The van der Waals surface area contributed by atoms with Gasteiger partial charge in [0.1, 0.15) is 0 Å². The maximum absolute atomic E-state index is 13.0. The van der Waals surface area contributed by atoms with E-state index < -0.39 is 25.6 Å². The summed E-state index contributed by atoms with van der Waals surface area (Å²) in [6.07, 6.45) is 4.20. The molecule has 0 atom stereocenters. The number of hydrogen-bond donors (Lipinski definition) is 1. The number of benzene rings is 2. The summed E-state index contributed by atoms with van der Waals surface area (Å²) >= 11 is 0. The first-order valence-corrected chi connectivity index (χ1v) is 13.6. The van der Waals surface area contributed by atoms with Gasteiger partial charge in [0.15, 0.2) is 0 Å². The molecule has 8 nitrogen and oxygen atoms in total. The van der Waals surface area contributed by atoms with Gasteiger partial charge in [-0.3, -0.25) is 9.78 Å². The van der Waals surface area contributed by atoms with Gasteiger partial charge < -0.3 is 5.32 Å². The molecule has 1 amide bonds. The van der Waals surface area contributed by atoms with E-state index in [0.717, 1.165) is 18.1 Å². The molecule has 0 fully saturated rings. The Morgan fingerprint density at radius 1 is 0.909 bits per heavy atom. The average molecular weight is 488 g/mol. The van der Waals surface area contributed by atoms with E-state index in [-0.39, 0.29) is 11.6 Å². The summed E-state index contributed by atoms with van der Waals surface area (Å²) in [5.41, 5.74) is 1.28. The fraction of sp³-hybridized carbons (Fsp3) is 0.217. The van der Waals surface area contributed by atoms with E-state index in [2.05, 4.69) is 10.3 Å². The molecule has 3 rings (SSSR count). The van der Waals surface area contributed by atoms with E-state index in [4.69, 9.17) is 0 Å². The van der Waals surface area contributed by atoms with Crippen LogP contribution in [0.5, 0.6) is 0 Å². The average Bonchev–Trinajstić information content (AvgIpc) is 2.72. The summed E-state index contributed by atoms with van der Waals surface area (Å²) < 4.78 is 49.5. The first-order valence-electron chi connectivity index (χ1n) is 9.94. The number of carbonyl (C=O) groups is 1. The summed E-state index contributed by atoms with van der Waals surface area (Å²) in [4.78, 5) is 16.9. The molecule has 2 aromatic carbocycles. The third kappa shape index (κ3) is 5.58. The molecule has 0 saturated heterocycles. The van der Waals surface area contributed by atoms with Gasteiger partial charge in [0.25, 0.3) is 5.91 Å². The molecular formula is C23H25N3O5S2. The van der Waals surface area contributed by atoms with Crippen LogP contribution in [0.3, 0.4) is 0 Å². The first kappa shape index (κ1) is 24.4. The minimum atomic E-state index is -4.16. The van der Waals surface area contributed by atoms with Crippen molar-refractivity contribution in [1.29, 1.82) is 0 Å². The molecule has 0 radical (unpaired) electrons. The molecule has 0 saturated carbocycles. The van der Waals surface area contributed by atoms with Crippen LogP contribution in [-0.4, -0.2) is 40.2 Å². The Bertz CT molecular complexity index is 1350. The number of carbonyl (C=O) groups excluding carboxylic acids is 1. The van der Waals surface area contributed by atoms with Gasteiger partial charge in [-0.1, -0.05) is 42.5 Å². The van der Waals surface area contributed by atoms with Crippen molar-refractivity contribution in [2.45, 2.75) is 19.4 Å². The van der Waals surface area contributed by atoms with E-state index in [0.29, 0.717) is 20.4 Å². The van der Waals surface area contributed by atoms with Gasteiger partial charge in [-0.05, 0) is 43.2 Å². The van der Waals surface area contributed by atoms with Crippen molar-refractivity contribution in [2.75, 3.05) is 16.2 Å². The second-order valence-electron chi connectivity index (χ2n) is 8.14. The molecule has 0 aliphatic carbocycles. The van der Waals surface area contributed by atoms with Gasteiger partial charge in [0, 0.05) is 17.3 Å². The predicted octanol–water partition coefficient (Wildman–Crippen LogP) is 3.14. The first-order chi connectivity index (χ1) is 15.3. The normalized spacial score (nSPS) is 12.2. The molecule has 33 heavy (non-hydrogen) atoms. The lowest BCUT2D eigenvalue weighted by molar-refractivity contribution is 0.0912. The minimum absolute atomic E-state index is 0.121. The molecule has 3 aromatic rings. The number of anilines is 1. The number of pyridine rings is 1. The molecule has 0 unspecified atom stereocenters. The van der Waals surface area contributed by atoms with Gasteiger partial charge >= 0.3 is 0 Å². The monoisotopic (exact) mass is 487 g/mol. The zero-order valence-electron chi connectivity index (χ0n) is 18.7. The third-order valence-electron chi connectivity index (χ3n) is 4.96. The van der Waals surface area contributed by atoms with Crippen molar-refractivity contribution in [3.8, 4) is 11.1 Å². The smallest absolute Gasteiger partial charge is 0.251 e. The number of rotatable bonds is 7. The van der Waals surface area contributed by atoms with Crippen LogP contribution in [0.15, 0.2) is 73.1 Å². The molecule has 10 heteroatoms. The predicted molar refractivity (Wildman–Crippen MR) is 129 cm³/mol. The molecule has 0 spiro atoms. The fourth-order valence-electron chi connectivity index (χ4n) is 3.49. The highest BCUT2D eigenvalue weighted by molar-refractivity contribution is 8.09. The molecule has 1 heterocycles. The van der Waals surface area contributed by atoms with Crippen LogP contribution in [0.2, 0.25) is 0 Å². The Kier molecular flexibility index (Phi) is 6.62. The van der Waals surface area contributed by atoms with E-state index in [1.165, 1.54) is 18.5 Å². The standard InChI is InChI=1S/C23H25N3O5S2/c1-23(2,19-11-6-5-7-12-19)25-22(27)18-10-8-9-17(15-18)20-13-14-24-16-21(20)26(32(3,28)29)33(4,30)31/h5-16H,1-4H3,(H,25,27). The van der Waals surface area contributed by atoms with Crippen LogP contribution in [-0.2, 0) is 25.6 Å². The number of hydrogen-bond acceptors (Lipinski definition) is 6. The Balaban J connectivity index is 2.03. The van der Waals surface area contributed by atoms with E-state index in [9.17, 15) is 21.6 Å². The molecule has 1 N–H and O–H groups in total. The highest BCUT2D eigenvalue weighted by Gasteiger charge is 2.30. The van der Waals surface area contributed by atoms with Gasteiger partial charge in [-0.15, -0.1) is 0 Å². The topological polar surface area (TPSA) is 114 Å². The third-order valence-corrected chi connectivity index (χ3v) is 8.18. The zero-order valence-corrected chi connectivity index (χ0v) is 20.3. The van der Waals surface area contributed by atoms with Crippen molar-refractivity contribution in [1.82, 2.24) is 10.3 Å². The van der Waals surface area contributed by atoms with Gasteiger partial charge in [0.05, 0.1) is 29.9 Å². The van der Waals surface area contributed by atoms with Crippen molar-refractivity contribution < 1.29 is 21.6 Å². The summed E-state index contributed by atoms with van der Waals surface area (Å²) in [7, 11) is -8.32. The molecule has 0 aliphatic rings. The molecule has 174 valence electrons. The van der Waals surface area contributed by atoms with E-state index in [1.54, 1.807) is 24.3 Å². The van der Waals surface area contributed by atoms with Crippen LogP contribution >= 0.6 is 0 Å². The van der Waals surface area contributed by atoms with E-state index in [1.807, 2.05) is 44.2 Å². The van der Waals surface area contributed by atoms with Gasteiger partial charge in [-0.25, -0.2) is 16.8 Å². The minimum Gasteiger partial charge on any atom is -0.343 e. The number of nitrogens with one attached hydrogen (secondary N) is 1. The molecule has 1 aromatic heterocycles. The number of sulfonamides is 2. The fourth-order valence-corrected chi connectivity index (χ4v) is 6.46. The van der Waals surface area contributed by atoms with Crippen molar-refractivity contribution in [2.24, 2.45) is 0 Å². The molecule has 0 aliphatic heterocycles. The van der Waals surface area contributed by atoms with Gasteiger partial charge in [0.2, 0.25) is 20.0 Å². The highest BCUT2D eigenvalue weighted by Crippen LogP contribution is 2.33. The second-order valence-corrected chi connectivity index (χ2v) is 12.0. The van der Waals surface area contributed by atoms with Crippen molar-refractivity contribution >= 4 is 31.6 Å². The lowest BCUT2D eigenvalue weighted by atomic mass is 9.93. The van der Waals surface area contributed by atoms with Gasteiger partial charge in [-0.2, -0.15) is 3.71 Å². The lowest BCUT2D eigenvalue weighted by Crippen LogP contribution is -2.40. The summed E-state index contributed by atoms with van der Waals surface area (Å²) in [6.45, 7) is 3.78. The Labute approximate surface area is 194 Å². The van der Waals surface area contributed by atoms with Crippen molar-refractivity contribution in [3.05, 3.63) is 84.2 Å². The summed E-state index contributed by atoms with van der Waals surface area (Å²) in [5, 5.41) is 3.00. The summed E-state index contributed by atoms with van der Waals surface area (Å²) in [6, 6.07) is 17.6. The molecule has 0 bridgehead atoms. The zero-order chi connectivity index (χ0) is 24.4. The second kappa shape index (κ2) is 8.95. The largest absolute Gasteiger partial charge is 0.343 e. The lowest BCUT2D eigenvalue weighted by Gasteiger charge is -2.27. The number of nitrogens with zero attached hydrogens (tertiary/aromatic N) is 2. The van der Waals surface area contributed by atoms with Crippen LogP contribution in [0.4, 0.5) is 5.69 Å². The highest BCUT2D eigenvalue weighted by atomic mass is 32.3. The van der Waals surface area contributed by atoms with Crippen LogP contribution in [0.1, 0.15) is 29.8 Å². The Morgan fingerprint density at radius 3 is 2.15 bits per heavy atom. The van der Waals surface area contributed by atoms with E-state index >= 15 is 0 Å². The quantitative estimate of drug-likeness (QED) is 0.548. The Morgan fingerprint density at radius 2 is 1.55 bits per heavy atom. The number of amides is 1. The SMILES string of the molecule is CC(C)(NC(=O)c1cccc(-c2ccncc2N(S(C)(=O)=O)S(C)(=O)=O)c1)c1ccccc1. The maximum Gasteiger partial charge on any atom is 0.251 e. The van der Waals surface area contributed by atoms with Crippen molar-refractivity contribution in [3.63, 3.8) is 0 Å². The van der Waals surface area contributed by atoms with Crippen LogP contribution < -0.4 is 9.03 Å². The maximum atomic E-state index is 13.0. The Hall–Kier alpha value is -3.24. The van der Waals surface area contributed by atoms with Crippen LogP contribution in [0.25, 0.3) is 11.1 Å².